The van der Waals surface area contributed by atoms with Gasteiger partial charge in [-0.05, 0) is 24.3 Å². The van der Waals surface area contributed by atoms with Gasteiger partial charge in [0, 0.05) is 17.8 Å². The number of benzene rings is 2. The fraction of sp³-hybridized carbons (Fsp3) is 0. The van der Waals surface area contributed by atoms with E-state index in [2.05, 4.69) is 5.32 Å². The van der Waals surface area contributed by atoms with Crippen molar-refractivity contribution in [3.8, 4) is 0 Å². The van der Waals surface area contributed by atoms with E-state index < -0.39 is 22.2 Å². The highest BCUT2D eigenvalue weighted by molar-refractivity contribution is 6.42. The molecule has 0 aliphatic carbocycles. The van der Waals surface area contributed by atoms with Gasteiger partial charge in [-0.3, -0.25) is 14.9 Å². The minimum Gasteiger partial charge on any atom is -0.322 e. The fourth-order valence-corrected chi connectivity index (χ4v) is 1.87. The molecule has 0 atom stereocenters. The third kappa shape index (κ3) is 3.48. The number of hydrogen-bond donors (Lipinski definition) is 1. The zero-order valence-electron chi connectivity index (χ0n) is 10.3. The maximum absolute atomic E-state index is 13.6. The van der Waals surface area contributed by atoms with Crippen molar-refractivity contribution in [3.05, 3.63) is 67.9 Å². The van der Waals surface area contributed by atoms with Crippen LogP contribution in [0.3, 0.4) is 0 Å². The number of nitrogens with zero attached hydrogens (tertiary/aromatic N) is 1. The SMILES string of the molecule is O=C(Nc1ccc(Cl)c(Cl)c1)c1cc([N+](=O)[O-])ccc1F. The van der Waals surface area contributed by atoms with Gasteiger partial charge in [-0.2, -0.15) is 0 Å². The van der Waals surface area contributed by atoms with Gasteiger partial charge >= 0.3 is 0 Å². The highest BCUT2D eigenvalue weighted by Crippen LogP contribution is 2.25. The Morgan fingerprint density at radius 1 is 1.14 bits per heavy atom. The molecule has 0 aliphatic rings. The molecule has 2 rings (SSSR count). The number of nitro groups is 1. The first kappa shape index (κ1) is 15.2. The van der Waals surface area contributed by atoms with Crippen molar-refractivity contribution in [1.29, 1.82) is 0 Å². The molecule has 0 saturated heterocycles. The molecule has 0 fully saturated rings. The lowest BCUT2D eigenvalue weighted by atomic mass is 10.1. The fourth-order valence-electron chi connectivity index (χ4n) is 1.57. The van der Waals surface area contributed by atoms with Crippen LogP contribution >= 0.6 is 23.2 Å². The van der Waals surface area contributed by atoms with Crippen LogP contribution in [0.1, 0.15) is 10.4 Å². The van der Waals surface area contributed by atoms with Crippen LogP contribution in [0.4, 0.5) is 15.8 Å². The van der Waals surface area contributed by atoms with Crippen molar-refractivity contribution in [2.24, 2.45) is 0 Å². The summed E-state index contributed by atoms with van der Waals surface area (Å²) < 4.78 is 13.6. The number of amides is 1. The van der Waals surface area contributed by atoms with Crippen molar-refractivity contribution in [2.75, 3.05) is 5.32 Å². The van der Waals surface area contributed by atoms with Crippen molar-refractivity contribution >= 4 is 40.5 Å². The first-order valence-corrected chi connectivity index (χ1v) is 6.34. The average molecular weight is 329 g/mol. The standard InChI is InChI=1S/C13H7Cl2FN2O3/c14-10-3-1-7(5-11(10)15)17-13(19)9-6-8(18(20)21)2-4-12(9)16/h1-6H,(H,17,19). The lowest BCUT2D eigenvalue weighted by Crippen LogP contribution is -2.14. The van der Waals surface area contributed by atoms with Gasteiger partial charge in [0.25, 0.3) is 11.6 Å². The van der Waals surface area contributed by atoms with Gasteiger partial charge in [-0.1, -0.05) is 23.2 Å². The Bertz CT molecular complexity index is 737. The van der Waals surface area contributed by atoms with E-state index in [1.807, 2.05) is 0 Å². The Kier molecular flexibility index (Phi) is 4.40. The summed E-state index contributed by atoms with van der Waals surface area (Å²) in [7, 11) is 0. The van der Waals surface area contributed by atoms with Crippen LogP contribution in [0, 0.1) is 15.9 Å². The molecule has 1 amide bonds. The number of hydrogen-bond acceptors (Lipinski definition) is 3. The number of nitro benzene ring substituents is 1. The van der Waals surface area contributed by atoms with Gasteiger partial charge in [0.15, 0.2) is 0 Å². The molecule has 2 aromatic carbocycles. The predicted molar refractivity (Wildman–Crippen MR) is 77.5 cm³/mol. The molecule has 0 aromatic heterocycles. The van der Waals surface area contributed by atoms with Crippen LogP contribution in [0.15, 0.2) is 36.4 Å². The predicted octanol–water partition coefficient (Wildman–Crippen LogP) is 4.29. The smallest absolute Gasteiger partial charge is 0.270 e. The molecule has 8 heteroatoms. The van der Waals surface area contributed by atoms with E-state index in [9.17, 15) is 19.3 Å². The third-order valence-corrected chi connectivity index (χ3v) is 3.32. The number of non-ortho nitro benzene ring substituents is 1. The molecule has 0 heterocycles. The van der Waals surface area contributed by atoms with Crippen LogP contribution in [0.2, 0.25) is 10.0 Å². The van der Waals surface area contributed by atoms with Gasteiger partial charge in [-0.15, -0.1) is 0 Å². The molecule has 0 aliphatic heterocycles. The van der Waals surface area contributed by atoms with Gasteiger partial charge in [0.05, 0.1) is 20.5 Å². The first-order valence-electron chi connectivity index (χ1n) is 5.59. The Balaban J connectivity index is 2.29. The molecule has 0 spiro atoms. The topological polar surface area (TPSA) is 72.2 Å². The van der Waals surface area contributed by atoms with E-state index in [4.69, 9.17) is 23.2 Å². The number of halogens is 3. The van der Waals surface area contributed by atoms with E-state index in [1.54, 1.807) is 0 Å². The van der Waals surface area contributed by atoms with Gasteiger partial charge in [0.1, 0.15) is 5.82 Å². The first-order chi connectivity index (χ1) is 9.88. The van der Waals surface area contributed by atoms with E-state index in [1.165, 1.54) is 18.2 Å². The minimum atomic E-state index is -0.863. The zero-order valence-corrected chi connectivity index (χ0v) is 11.8. The third-order valence-electron chi connectivity index (χ3n) is 2.58. The van der Waals surface area contributed by atoms with Crippen molar-refractivity contribution in [2.45, 2.75) is 0 Å². The van der Waals surface area contributed by atoms with Gasteiger partial charge < -0.3 is 5.32 Å². The molecule has 0 radical (unpaired) electrons. The van der Waals surface area contributed by atoms with Crippen LogP contribution in [0.5, 0.6) is 0 Å². The van der Waals surface area contributed by atoms with Crippen LogP contribution in [-0.2, 0) is 0 Å². The number of carbonyl (C=O) groups excluding carboxylic acids is 1. The lowest BCUT2D eigenvalue weighted by Gasteiger charge is -2.07. The summed E-state index contributed by atoms with van der Waals surface area (Å²) in [6.07, 6.45) is 0. The molecule has 0 saturated carbocycles. The Hall–Kier alpha value is -2.18. The van der Waals surface area contributed by atoms with Gasteiger partial charge in [-0.25, -0.2) is 4.39 Å². The van der Waals surface area contributed by atoms with Crippen LogP contribution < -0.4 is 5.32 Å². The molecular weight excluding hydrogens is 322 g/mol. The summed E-state index contributed by atoms with van der Waals surface area (Å²) >= 11 is 11.5. The van der Waals surface area contributed by atoms with Crippen molar-refractivity contribution < 1.29 is 14.1 Å². The second-order valence-corrected chi connectivity index (χ2v) is 4.82. The largest absolute Gasteiger partial charge is 0.322 e. The number of anilines is 1. The maximum atomic E-state index is 13.6. The summed E-state index contributed by atoms with van der Waals surface area (Å²) in [6, 6.07) is 7.02. The molecular formula is C13H7Cl2FN2O3. The highest BCUT2D eigenvalue weighted by atomic mass is 35.5. The summed E-state index contributed by atoms with van der Waals surface area (Å²) in [6.45, 7) is 0. The second kappa shape index (κ2) is 6.07. The lowest BCUT2D eigenvalue weighted by molar-refractivity contribution is -0.384. The maximum Gasteiger partial charge on any atom is 0.270 e. The normalized spacial score (nSPS) is 10.2. The second-order valence-electron chi connectivity index (χ2n) is 4.00. The van der Waals surface area contributed by atoms with Crippen molar-refractivity contribution in [3.63, 3.8) is 0 Å². The van der Waals surface area contributed by atoms with E-state index in [0.717, 1.165) is 18.2 Å². The number of nitrogens with one attached hydrogen (secondary N) is 1. The summed E-state index contributed by atoms with van der Waals surface area (Å²) in [5, 5.41) is 13.6. The molecule has 1 N–H and O–H groups in total. The summed E-state index contributed by atoms with van der Waals surface area (Å²) in [4.78, 5) is 21.9. The number of carbonyl (C=O) groups is 1. The minimum absolute atomic E-state index is 0.217. The molecule has 21 heavy (non-hydrogen) atoms. The quantitative estimate of drug-likeness (QED) is 0.674. The Morgan fingerprint density at radius 3 is 2.48 bits per heavy atom. The average Bonchev–Trinajstić information content (AvgIpc) is 2.43. The van der Waals surface area contributed by atoms with Crippen LogP contribution in [-0.4, -0.2) is 10.8 Å². The Morgan fingerprint density at radius 2 is 1.86 bits per heavy atom. The van der Waals surface area contributed by atoms with Crippen LogP contribution in [0.25, 0.3) is 0 Å². The number of rotatable bonds is 3. The molecule has 5 nitrogen and oxygen atoms in total. The van der Waals surface area contributed by atoms with E-state index in [-0.39, 0.29) is 10.7 Å². The molecule has 0 unspecified atom stereocenters. The summed E-state index contributed by atoms with van der Waals surface area (Å²) in [5.41, 5.74) is -0.522. The Labute approximate surface area is 128 Å². The van der Waals surface area contributed by atoms with Crippen molar-refractivity contribution in [1.82, 2.24) is 0 Å². The highest BCUT2D eigenvalue weighted by Gasteiger charge is 2.17. The zero-order chi connectivity index (χ0) is 15.6. The molecule has 0 bridgehead atoms. The van der Waals surface area contributed by atoms with Gasteiger partial charge in [0.2, 0.25) is 0 Å². The van der Waals surface area contributed by atoms with E-state index >= 15 is 0 Å². The monoisotopic (exact) mass is 328 g/mol. The van der Waals surface area contributed by atoms with E-state index in [0.29, 0.717) is 10.7 Å². The molecule has 108 valence electrons. The summed E-state index contributed by atoms with van der Waals surface area (Å²) in [5.74, 6) is -1.69. The molecule has 2 aromatic rings.